The van der Waals surface area contributed by atoms with Gasteiger partial charge in [-0.05, 0) is 51.0 Å². The predicted molar refractivity (Wildman–Crippen MR) is 101 cm³/mol. The van der Waals surface area contributed by atoms with E-state index in [9.17, 15) is 4.79 Å². The number of hydrogen-bond donors (Lipinski definition) is 1. The summed E-state index contributed by atoms with van der Waals surface area (Å²) in [5.41, 5.74) is 2.29. The van der Waals surface area contributed by atoms with Crippen molar-refractivity contribution in [2.75, 3.05) is 23.3 Å². The second-order valence-electron chi connectivity index (χ2n) is 6.38. The monoisotopic (exact) mass is 359 g/mol. The summed E-state index contributed by atoms with van der Waals surface area (Å²) in [5.74, 6) is 0.0910. The predicted octanol–water partition coefficient (Wildman–Crippen LogP) is 4.37. The van der Waals surface area contributed by atoms with E-state index in [1.165, 1.54) is 19.0 Å². The quantitative estimate of drug-likeness (QED) is 0.861. The van der Waals surface area contributed by atoms with Crippen LogP contribution in [-0.4, -0.2) is 30.1 Å². The number of aromatic nitrogens is 1. The first-order valence-electron chi connectivity index (χ1n) is 8.51. The molecule has 1 aliphatic heterocycles. The van der Waals surface area contributed by atoms with E-state index in [0.29, 0.717) is 16.5 Å². The fourth-order valence-electron chi connectivity index (χ4n) is 2.82. The van der Waals surface area contributed by atoms with Gasteiger partial charge in [0.1, 0.15) is 5.02 Å². The number of ether oxygens (including phenoxy) is 1. The number of amides is 1. The Kier molecular flexibility index (Phi) is 5.43. The van der Waals surface area contributed by atoms with Gasteiger partial charge < -0.3 is 15.0 Å². The number of benzene rings is 1. The molecule has 1 amide bonds. The number of nitrogens with one attached hydrogen (secondary N) is 1. The second-order valence-corrected chi connectivity index (χ2v) is 6.78. The molecule has 2 aromatic rings. The number of halogens is 1. The van der Waals surface area contributed by atoms with E-state index in [4.69, 9.17) is 16.3 Å². The summed E-state index contributed by atoms with van der Waals surface area (Å²) in [7, 11) is 0. The van der Waals surface area contributed by atoms with Crippen molar-refractivity contribution in [2.24, 2.45) is 0 Å². The van der Waals surface area contributed by atoms with E-state index in [1.54, 1.807) is 6.07 Å². The zero-order valence-corrected chi connectivity index (χ0v) is 15.2. The van der Waals surface area contributed by atoms with Gasteiger partial charge in [-0.2, -0.15) is 0 Å². The number of nitrogens with zero attached hydrogens (tertiary/aromatic N) is 2. The van der Waals surface area contributed by atoms with Crippen molar-refractivity contribution in [2.45, 2.75) is 32.8 Å². The van der Waals surface area contributed by atoms with Crippen molar-refractivity contribution in [3.05, 3.63) is 47.1 Å². The molecule has 1 N–H and O–H groups in total. The van der Waals surface area contributed by atoms with Crippen LogP contribution < -0.4 is 15.0 Å². The summed E-state index contributed by atoms with van der Waals surface area (Å²) < 4.78 is 5.49. The maximum absolute atomic E-state index is 12.5. The maximum atomic E-state index is 12.5. The molecule has 6 heteroatoms. The highest BCUT2D eigenvalue weighted by molar-refractivity contribution is 6.32. The summed E-state index contributed by atoms with van der Waals surface area (Å²) >= 11 is 6.16. The highest BCUT2D eigenvalue weighted by Crippen LogP contribution is 2.25. The molecule has 132 valence electrons. The topological polar surface area (TPSA) is 54.5 Å². The maximum Gasteiger partial charge on any atom is 0.257 e. The third kappa shape index (κ3) is 4.42. The molecule has 0 aliphatic carbocycles. The summed E-state index contributed by atoms with van der Waals surface area (Å²) in [6, 6.07) is 9.47. The Bertz CT molecular complexity index is 758. The smallest absolute Gasteiger partial charge is 0.257 e. The van der Waals surface area contributed by atoms with Gasteiger partial charge in [0.05, 0.1) is 11.7 Å². The van der Waals surface area contributed by atoms with Gasteiger partial charge in [0.25, 0.3) is 5.91 Å². The van der Waals surface area contributed by atoms with Crippen molar-refractivity contribution in [3.63, 3.8) is 0 Å². The number of carbonyl (C=O) groups is 1. The first kappa shape index (κ1) is 17.5. The molecule has 2 heterocycles. The van der Waals surface area contributed by atoms with Crippen molar-refractivity contribution in [1.29, 1.82) is 0 Å². The largest absolute Gasteiger partial charge is 0.474 e. The van der Waals surface area contributed by atoms with Gasteiger partial charge >= 0.3 is 0 Å². The molecular weight excluding hydrogens is 338 g/mol. The molecule has 0 bridgehead atoms. The average Bonchev–Trinajstić information content (AvgIpc) is 3.11. The second kappa shape index (κ2) is 7.74. The van der Waals surface area contributed by atoms with Crippen LogP contribution >= 0.6 is 11.6 Å². The number of rotatable bonds is 5. The van der Waals surface area contributed by atoms with Crippen LogP contribution in [0.3, 0.4) is 0 Å². The van der Waals surface area contributed by atoms with E-state index < -0.39 is 0 Å². The molecule has 0 saturated carbocycles. The minimum atomic E-state index is -0.246. The first-order valence-corrected chi connectivity index (χ1v) is 8.89. The van der Waals surface area contributed by atoms with Crippen LogP contribution in [0.2, 0.25) is 5.02 Å². The summed E-state index contributed by atoms with van der Waals surface area (Å²) in [6.45, 7) is 5.92. The summed E-state index contributed by atoms with van der Waals surface area (Å²) in [6.07, 6.45) is 3.87. The molecule has 3 rings (SSSR count). The van der Waals surface area contributed by atoms with Gasteiger partial charge in [-0.25, -0.2) is 4.98 Å². The van der Waals surface area contributed by atoms with Gasteiger partial charge in [-0.1, -0.05) is 17.7 Å². The third-order valence-corrected chi connectivity index (χ3v) is 4.26. The molecule has 0 spiro atoms. The van der Waals surface area contributed by atoms with Crippen molar-refractivity contribution in [3.8, 4) is 5.88 Å². The molecule has 0 radical (unpaired) electrons. The van der Waals surface area contributed by atoms with Crippen molar-refractivity contribution < 1.29 is 9.53 Å². The number of anilines is 2. The number of pyridine rings is 1. The molecule has 1 aromatic carbocycles. The van der Waals surface area contributed by atoms with Gasteiger partial charge in [0.15, 0.2) is 0 Å². The van der Waals surface area contributed by atoms with Crippen LogP contribution in [0.5, 0.6) is 5.88 Å². The molecule has 1 fully saturated rings. The molecule has 0 atom stereocenters. The molecule has 1 saturated heterocycles. The molecule has 25 heavy (non-hydrogen) atoms. The Hall–Kier alpha value is -2.27. The highest BCUT2D eigenvalue weighted by Gasteiger charge is 2.15. The minimum Gasteiger partial charge on any atom is -0.474 e. The van der Waals surface area contributed by atoms with Crippen LogP contribution in [0.1, 0.15) is 37.0 Å². The van der Waals surface area contributed by atoms with Gasteiger partial charge in [0.2, 0.25) is 5.88 Å². The van der Waals surface area contributed by atoms with E-state index in [2.05, 4.69) is 21.3 Å². The lowest BCUT2D eigenvalue weighted by molar-refractivity contribution is 0.102. The average molecular weight is 360 g/mol. The third-order valence-electron chi connectivity index (χ3n) is 3.99. The Morgan fingerprint density at radius 3 is 2.72 bits per heavy atom. The normalized spacial score (nSPS) is 14.0. The molecular formula is C19H22ClN3O2. The lowest BCUT2D eigenvalue weighted by atomic mass is 10.2. The first-order chi connectivity index (χ1) is 12.0. The SMILES string of the molecule is CC(C)Oc1ncc(C(=O)Nc2cccc(N3CCCC3)c2)cc1Cl. The lowest BCUT2D eigenvalue weighted by Gasteiger charge is -2.18. The van der Waals surface area contributed by atoms with Crippen LogP contribution in [0.15, 0.2) is 36.5 Å². The highest BCUT2D eigenvalue weighted by atomic mass is 35.5. The van der Waals surface area contributed by atoms with E-state index in [0.717, 1.165) is 24.5 Å². The van der Waals surface area contributed by atoms with Crippen LogP contribution in [0, 0.1) is 0 Å². The minimum absolute atomic E-state index is 0.0296. The number of hydrogen-bond acceptors (Lipinski definition) is 4. The Labute approximate surface area is 153 Å². The van der Waals surface area contributed by atoms with Crippen molar-refractivity contribution >= 4 is 28.9 Å². The molecule has 0 unspecified atom stereocenters. The standard InChI is InChI=1S/C19H22ClN3O2/c1-13(2)25-19-17(20)10-14(12-21-19)18(24)22-15-6-5-7-16(11-15)23-8-3-4-9-23/h5-7,10-13H,3-4,8-9H2,1-2H3,(H,22,24). The molecule has 1 aliphatic rings. The Morgan fingerprint density at radius 2 is 2.04 bits per heavy atom. The summed E-state index contributed by atoms with van der Waals surface area (Å²) in [5, 5.41) is 3.23. The van der Waals surface area contributed by atoms with E-state index in [-0.39, 0.29) is 12.0 Å². The fourth-order valence-corrected chi connectivity index (χ4v) is 3.03. The Balaban J connectivity index is 1.71. The fraction of sp³-hybridized carbons (Fsp3) is 0.368. The number of carbonyl (C=O) groups excluding carboxylic acids is 1. The molecule has 5 nitrogen and oxygen atoms in total. The van der Waals surface area contributed by atoms with Crippen LogP contribution in [0.4, 0.5) is 11.4 Å². The van der Waals surface area contributed by atoms with Crippen LogP contribution in [-0.2, 0) is 0 Å². The van der Waals surface area contributed by atoms with Gasteiger partial charge in [-0.15, -0.1) is 0 Å². The van der Waals surface area contributed by atoms with E-state index in [1.807, 2.05) is 32.0 Å². The lowest BCUT2D eigenvalue weighted by Crippen LogP contribution is -2.18. The van der Waals surface area contributed by atoms with Crippen molar-refractivity contribution in [1.82, 2.24) is 4.98 Å². The van der Waals surface area contributed by atoms with Crippen LogP contribution in [0.25, 0.3) is 0 Å². The van der Waals surface area contributed by atoms with E-state index >= 15 is 0 Å². The molecule has 1 aromatic heterocycles. The van der Waals surface area contributed by atoms with Gasteiger partial charge in [0, 0.05) is 30.7 Å². The van der Waals surface area contributed by atoms with Gasteiger partial charge in [-0.3, -0.25) is 4.79 Å². The zero-order chi connectivity index (χ0) is 17.8. The summed E-state index contributed by atoms with van der Waals surface area (Å²) in [4.78, 5) is 18.9. The Morgan fingerprint density at radius 1 is 1.28 bits per heavy atom. The zero-order valence-electron chi connectivity index (χ0n) is 14.5.